The van der Waals surface area contributed by atoms with Crippen LogP contribution >= 0.6 is 11.6 Å². The van der Waals surface area contributed by atoms with Crippen LogP contribution in [0, 0.1) is 0 Å². The highest BCUT2D eigenvalue weighted by molar-refractivity contribution is 6.36. The number of pyridine rings is 1. The molecule has 104 valence electrons. The first-order valence-corrected chi connectivity index (χ1v) is 6.41. The van der Waals surface area contributed by atoms with E-state index in [4.69, 9.17) is 16.3 Å². The largest absolute Gasteiger partial charge is 0.418 e. The van der Waals surface area contributed by atoms with Crippen molar-refractivity contribution in [3.8, 4) is 5.75 Å². The van der Waals surface area contributed by atoms with Crippen LogP contribution in [-0.4, -0.2) is 33.5 Å². The Morgan fingerprint density at radius 2 is 2.29 bits per heavy atom. The number of nitrogens with zero attached hydrogens (tertiary/aromatic N) is 4. The third-order valence-electron chi connectivity index (χ3n) is 2.69. The predicted molar refractivity (Wildman–Crippen MR) is 80.1 cm³/mol. The molecule has 3 aromatic heterocycles. The van der Waals surface area contributed by atoms with Crippen molar-refractivity contribution in [1.29, 1.82) is 0 Å². The van der Waals surface area contributed by atoms with Crippen LogP contribution in [-0.2, 0) is 0 Å². The van der Waals surface area contributed by atoms with Gasteiger partial charge in [0.15, 0.2) is 11.4 Å². The zero-order chi connectivity index (χ0) is 14.8. The molecule has 0 atom stereocenters. The zero-order valence-electron chi connectivity index (χ0n) is 10.9. The Morgan fingerprint density at radius 1 is 1.43 bits per heavy atom. The minimum absolute atomic E-state index is 0.253. The lowest BCUT2D eigenvalue weighted by atomic mass is 10.0. The molecule has 0 saturated heterocycles. The smallest absolute Gasteiger partial charge is 0.408 e. The molecule has 0 spiro atoms. The number of carbonyl (C=O) groups excluding carboxylic acids is 1. The summed E-state index contributed by atoms with van der Waals surface area (Å²) in [4.78, 5) is 19.9. The van der Waals surface area contributed by atoms with E-state index in [-0.39, 0.29) is 5.15 Å². The molecule has 0 unspecified atom stereocenters. The molecule has 3 heterocycles. The molecule has 9 heteroatoms. The molecular weight excluding hydrogens is 292 g/mol. The Morgan fingerprint density at radius 3 is 3.05 bits per heavy atom. The van der Waals surface area contributed by atoms with Gasteiger partial charge in [-0.3, -0.25) is 10.3 Å². The third-order valence-corrected chi connectivity index (χ3v) is 2.89. The van der Waals surface area contributed by atoms with Crippen LogP contribution in [0.5, 0.6) is 5.75 Å². The van der Waals surface area contributed by atoms with Crippen molar-refractivity contribution in [1.82, 2.24) is 19.6 Å². The maximum atomic E-state index is 11.9. The molecule has 0 radical (unpaired) electrons. The monoisotopic (exact) mass is 301 g/mol. The van der Waals surface area contributed by atoms with Crippen molar-refractivity contribution in [2.45, 2.75) is 0 Å². The van der Waals surface area contributed by atoms with Gasteiger partial charge in [0.25, 0.3) is 0 Å². The van der Waals surface area contributed by atoms with Gasteiger partial charge in [0.1, 0.15) is 18.8 Å². The summed E-state index contributed by atoms with van der Waals surface area (Å²) in [7, 11) is 1.85. The summed E-state index contributed by atoms with van der Waals surface area (Å²) in [5.74, 6) is 0.704. The third kappa shape index (κ3) is 2.80. The highest BCUT2D eigenvalue weighted by Crippen LogP contribution is 2.15. The highest BCUT2D eigenvalue weighted by Gasteiger charge is 2.12. The van der Waals surface area contributed by atoms with Crippen molar-refractivity contribution >= 4 is 42.5 Å². The van der Waals surface area contributed by atoms with Gasteiger partial charge in [-0.2, -0.15) is 9.61 Å². The second kappa shape index (κ2) is 5.41. The van der Waals surface area contributed by atoms with Crippen LogP contribution < -0.4 is 15.5 Å². The lowest BCUT2D eigenvalue weighted by Crippen LogP contribution is -2.19. The molecule has 7 nitrogen and oxygen atoms in total. The number of anilines is 1. The quantitative estimate of drug-likeness (QED) is 0.555. The van der Waals surface area contributed by atoms with E-state index < -0.39 is 6.09 Å². The first-order chi connectivity index (χ1) is 10.1. The fourth-order valence-corrected chi connectivity index (χ4v) is 1.96. The molecule has 0 fully saturated rings. The summed E-state index contributed by atoms with van der Waals surface area (Å²) in [5.41, 5.74) is 1.42. The molecule has 1 amide bonds. The fourth-order valence-electron chi connectivity index (χ4n) is 1.78. The Balaban J connectivity index is 1.86. The summed E-state index contributed by atoms with van der Waals surface area (Å²) < 4.78 is 6.57. The van der Waals surface area contributed by atoms with E-state index in [1.807, 2.05) is 7.85 Å². The standard InChI is InChI=1S/C12H9BClN5O2/c13-8-6-16-19-10(4-9(14)17-11(8)19)18-12(20)21-7-2-1-3-15-5-7/h1-6H,13H2,(H,18,20). The number of aromatic nitrogens is 4. The van der Waals surface area contributed by atoms with Crippen LogP contribution in [0.2, 0.25) is 5.15 Å². The maximum Gasteiger partial charge on any atom is 0.418 e. The Bertz CT molecular complexity index is 808. The van der Waals surface area contributed by atoms with Crippen molar-refractivity contribution < 1.29 is 9.53 Å². The molecule has 0 bridgehead atoms. The van der Waals surface area contributed by atoms with Gasteiger partial charge in [0, 0.05) is 18.5 Å². The SMILES string of the molecule is Bc1cnn2c(NC(=O)Oc3cccnc3)cc(Cl)nc12. The maximum absolute atomic E-state index is 11.9. The Hall–Kier alpha value is -2.61. The Labute approximate surface area is 125 Å². The summed E-state index contributed by atoms with van der Waals surface area (Å²) in [6.45, 7) is 0. The van der Waals surface area contributed by atoms with Crippen molar-refractivity contribution in [3.63, 3.8) is 0 Å². The Kier molecular flexibility index (Phi) is 3.45. The molecule has 0 aliphatic rings. The molecule has 1 N–H and O–H groups in total. The number of carbonyl (C=O) groups is 1. The van der Waals surface area contributed by atoms with Gasteiger partial charge < -0.3 is 4.74 Å². The van der Waals surface area contributed by atoms with Gasteiger partial charge in [-0.1, -0.05) is 11.6 Å². The van der Waals surface area contributed by atoms with Crippen molar-refractivity contribution in [3.05, 3.63) is 41.9 Å². The number of rotatable bonds is 2. The molecular formula is C12H9BClN5O2. The van der Waals surface area contributed by atoms with E-state index in [0.717, 1.165) is 5.46 Å². The van der Waals surface area contributed by atoms with E-state index >= 15 is 0 Å². The van der Waals surface area contributed by atoms with Gasteiger partial charge in [0.2, 0.25) is 0 Å². The van der Waals surface area contributed by atoms with E-state index in [9.17, 15) is 4.79 Å². The molecule has 21 heavy (non-hydrogen) atoms. The molecule has 3 rings (SSSR count). The first-order valence-electron chi connectivity index (χ1n) is 6.03. The molecule has 0 aliphatic carbocycles. The van der Waals surface area contributed by atoms with Crippen molar-refractivity contribution in [2.75, 3.05) is 5.32 Å². The van der Waals surface area contributed by atoms with Gasteiger partial charge in [0.05, 0.1) is 6.20 Å². The summed E-state index contributed by atoms with van der Waals surface area (Å²) in [6.07, 6.45) is 3.99. The predicted octanol–water partition coefficient (Wildman–Crippen LogP) is 0.647. The lowest BCUT2D eigenvalue weighted by molar-refractivity contribution is 0.215. The minimum Gasteiger partial charge on any atom is -0.408 e. The molecule has 0 saturated carbocycles. The molecule has 3 aromatic rings. The van der Waals surface area contributed by atoms with Gasteiger partial charge >= 0.3 is 6.09 Å². The normalized spacial score (nSPS) is 10.5. The second-order valence-corrected chi connectivity index (χ2v) is 4.62. The number of nitrogens with one attached hydrogen (secondary N) is 1. The van der Waals surface area contributed by atoms with E-state index in [1.54, 1.807) is 24.5 Å². The number of fused-ring (bicyclic) bond motifs is 1. The van der Waals surface area contributed by atoms with Gasteiger partial charge in [-0.25, -0.2) is 9.78 Å². The van der Waals surface area contributed by atoms with Gasteiger partial charge in [-0.05, 0) is 17.6 Å². The second-order valence-electron chi connectivity index (χ2n) is 4.23. The van der Waals surface area contributed by atoms with E-state index in [0.29, 0.717) is 17.2 Å². The van der Waals surface area contributed by atoms with Gasteiger partial charge in [-0.15, -0.1) is 0 Å². The van der Waals surface area contributed by atoms with E-state index in [2.05, 4.69) is 20.4 Å². The average molecular weight is 302 g/mol. The molecule has 0 aliphatic heterocycles. The van der Waals surface area contributed by atoms with Crippen molar-refractivity contribution in [2.24, 2.45) is 0 Å². The number of amides is 1. The summed E-state index contributed by atoms with van der Waals surface area (Å²) in [5, 5.41) is 6.96. The number of hydrogen-bond donors (Lipinski definition) is 1. The highest BCUT2D eigenvalue weighted by atomic mass is 35.5. The first kappa shape index (κ1) is 13.4. The zero-order valence-corrected chi connectivity index (χ0v) is 11.7. The fraction of sp³-hybridized carbons (Fsp3) is 0. The lowest BCUT2D eigenvalue weighted by Gasteiger charge is -2.08. The van der Waals surface area contributed by atoms with Crippen LogP contribution in [0.15, 0.2) is 36.8 Å². The van der Waals surface area contributed by atoms with Crippen LogP contribution in [0.25, 0.3) is 5.65 Å². The topological polar surface area (TPSA) is 81.4 Å². The van der Waals surface area contributed by atoms with Crippen LogP contribution in [0.3, 0.4) is 0 Å². The summed E-state index contributed by atoms with van der Waals surface area (Å²) in [6, 6.07) is 4.78. The van der Waals surface area contributed by atoms with E-state index in [1.165, 1.54) is 16.8 Å². The minimum atomic E-state index is -0.667. The molecule has 0 aromatic carbocycles. The number of ether oxygens (including phenoxy) is 1. The number of hydrogen-bond acceptors (Lipinski definition) is 5. The summed E-state index contributed by atoms with van der Waals surface area (Å²) >= 11 is 5.94. The van der Waals surface area contributed by atoms with Crippen LogP contribution in [0.1, 0.15) is 0 Å². The number of halogens is 1. The van der Waals surface area contributed by atoms with Crippen LogP contribution in [0.4, 0.5) is 10.6 Å². The average Bonchev–Trinajstić information content (AvgIpc) is 2.81.